The molecule has 1 aromatic carbocycles. The maximum Gasteiger partial charge on any atom is 0.230 e. The Morgan fingerprint density at radius 2 is 2.39 bits per heavy atom. The Balaban J connectivity index is 2.09. The Kier molecular flexibility index (Phi) is 4.24. The minimum Gasteiger partial charge on any atom is -0.399 e. The zero-order chi connectivity index (χ0) is 13.1. The number of nitrogens with two attached hydrogens (primary N) is 1. The molecule has 0 radical (unpaired) electrons. The van der Waals surface area contributed by atoms with Gasteiger partial charge in [0.1, 0.15) is 0 Å². The normalized spacial score (nSPS) is 23.0. The van der Waals surface area contributed by atoms with E-state index >= 15 is 0 Å². The molecule has 1 aliphatic rings. The summed E-state index contributed by atoms with van der Waals surface area (Å²) < 4.78 is 6.36. The lowest BCUT2D eigenvalue weighted by Gasteiger charge is -2.17. The highest BCUT2D eigenvalue weighted by atomic mass is 79.9. The topological polar surface area (TPSA) is 64.3 Å². The predicted octanol–water partition coefficient (Wildman–Crippen LogP) is 2.78. The molecule has 1 aliphatic heterocycles. The van der Waals surface area contributed by atoms with Crippen molar-refractivity contribution in [3.63, 3.8) is 0 Å². The van der Waals surface area contributed by atoms with Crippen molar-refractivity contribution < 1.29 is 9.53 Å². The van der Waals surface area contributed by atoms with Gasteiger partial charge in [-0.15, -0.1) is 0 Å². The van der Waals surface area contributed by atoms with Crippen molar-refractivity contribution in [2.24, 2.45) is 5.92 Å². The van der Waals surface area contributed by atoms with Gasteiger partial charge in [-0.3, -0.25) is 4.79 Å². The van der Waals surface area contributed by atoms with Crippen LogP contribution in [-0.2, 0) is 9.53 Å². The first-order valence-corrected chi connectivity index (χ1v) is 6.88. The summed E-state index contributed by atoms with van der Waals surface area (Å²) in [4.78, 5) is 12.2. The van der Waals surface area contributed by atoms with Gasteiger partial charge in [0.15, 0.2) is 0 Å². The molecule has 1 amide bonds. The summed E-state index contributed by atoms with van der Waals surface area (Å²) in [6.45, 7) is 2.70. The fourth-order valence-corrected chi connectivity index (χ4v) is 2.56. The van der Waals surface area contributed by atoms with E-state index in [4.69, 9.17) is 10.5 Å². The summed E-state index contributed by atoms with van der Waals surface area (Å²) in [7, 11) is 0. The van der Waals surface area contributed by atoms with Gasteiger partial charge in [-0.05, 0) is 47.0 Å². The van der Waals surface area contributed by atoms with Gasteiger partial charge in [0.05, 0.1) is 17.7 Å². The zero-order valence-corrected chi connectivity index (χ0v) is 11.9. The van der Waals surface area contributed by atoms with Gasteiger partial charge < -0.3 is 15.8 Å². The minimum absolute atomic E-state index is 0.00523. The number of ether oxygens (including phenoxy) is 1. The lowest BCUT2D eigenvalue weighted by molar-refractivity contribution is -0.121. The number of hydrogen-bond donors (Lipinski definition) is 2. The molecule has 1 aromatic rings. The van der Waals surface area contributed by atoms with Crippen LogP contribution in [0.1, 0.15) is 19.8 Å². The average Bonchev–Trinajstić information content (AvgIpc) is 2.82. The monoisotopic (exact) mass is 312 g/mol. The number of benzene rings is 1. The fraction of sp³-hybridized carbons (Fsp3) is 0.462. The predicted molar refractivity (Wildman–Crippen MR) is 75.3 cm³/mol. The fourth-order valence-electron chi connectivity index (χ4n) is 2.21. The number of nitrogen functional groups attached to an aromatic ring is 1. The number of nitrogens with one attached hydrogen (secondary N) is 1. The maximum absolute atomic E-state index is 12.2. The first-order chi connectivity index (χ1) is 8.61. The van der Waals surface area contributed by atoms with E-state index in [2.05, 4.69) is 21.2 Å². The van der Waals surface area contributed by atoms with Crippen LogP contribution in [0.15, 0.2) is 22.7 Å². The van der Waals surface area contributed by atoms with Gasteiger partial charge in [-0.1, -0.05) is 6.92 Å². The van der Waals surface area contributed by atoms with Crippen LogP contribution in [-0.4, -0.2) is 18.6 Å². The zero-order valence-electron chi connectivity index (χ0n) is 10.3. The van der Waals surface area contributed by atoms with E-state index in [1.54, 1.807) is 12.1 Å². The van der Waals surface area contributed by atoms with Crippen LogP contribution in [0.3, 0.4) is 0 Å². The third-order valence-electron chi connectivity index (χ3n) is 3.20. The Hall–Kier alpha value is -1.07. The molecule has 1 fully saturated rings. The number of amides is 1. The maximum atomic E-state index is 12.2. The molecule has 4 nitrogen and oxygen atoms in total. The molecule has 2 atom stereocenters. The van der Waals surface area contributed by atoms with Crippen molar-refractivity contribution in [1.29, 1.82) is 0 Å². The molecule has 5 heteroatoms. The number of anilines is 2. The summed E-state index contributed by atoms with van der Waals surface area (Å²) in [5, 5.41) is 2.91. The molecule has 1 heterocycles. The summed E-state index contributed by atoms with van der Waals surface area (Å²) in [6, 6.07) is 5.36. The van der Waals surface area contributed by atoms with Gasteiger partial charge in [0.25, 0.3) is 0 Å². The Labute approximate surface area is 115 Å². The molecule has 1 saturated heterocycles. The molecule has 98 valence electrons. The highest BCUT2D eigenvalue weighted by Gasteiger charge is 2.32. The second-order valence-corrected chi connectivity index (χ2v) is 5.30. The standard InChI is InChI=1S/C13H17BrN2O2/c1-2-12-9(5-6-18-12)13(17)16-11-7-8(15)3-4-10(11)14/h3-4,7,9,12H,2,5-6,15H2,1H3,(H,16,17). The van der Waals surface area contributed by atoms with Crippen LogP contribution < -0.4 is 11.1 Å². The highest BCUT2D eigenvalue weighted by molar-refractivity contribution is 9.10. The molecule has 0 aromatic heterocycles. The van der Waals surface area contributed by atoms with Crippen molar-refractivity contribution in [2.75, 3.05) is 17.7 Å². The van der Waals surface area contributed by atoms with Crippen LogP contribution in [0.5, 0.6) is 0 Å². The van der Waals surface area contributed by atoms with E-state index in [0.29, 0.717) is 18.0 Å². The first-order valence-electron chi connectivity index (χ1n) is 6.09. The quantitative estimate of drug-likeness (QED) is 0.843. The average molecular weight is 313 g/mol. The van der Waals surface area contributed by atoms with Crippen molar-refractivity contribution >= 4 is 33.2 Å². The van der Waals surface area contributed by atoms with E-state index in [9.17, 15) is 4.79 Å². The molecule has 3 N–H and O–H groups in total. The van der Waals surface area contributed by atoms with Gasteiger partial charge in [0, 0.05) is 16.8 Å². The molecule has 0 saturated carbocycles. The second kappa shape index (κ2) is 5.71. The van der Waals surface area contributed by atoms with E-state index in [-0.39, 0.29) is 17.9 Å². The van der Waals surface area contributed by atoms with Crippen LogP contribution in [0, 0.1) is 5.92 Å². The highest BCUT2D eigenvalue weighted by Crippen LogP contribution is 2.28. The Morgan fingerprint density at radius 1 is 1.61 bits per heavy atom. The number of rotatable bonds is 3. The lowest BCUT2D eigenvalue weighted by Crippen LogP contribution is -2.29. The van der Waals surface area contributed by atoms with Gasteiger partial charge in [-0.2, -0.15) is 0 Å². The third kappa shape index (κ3) is 2.84. The molecule has 18 heavy (non-hydrogen) atoms. The van der Waals surface area contributed by atoms with Crippen molar-refractivity contribution in [2.45, 2.75) is 25.9 Å². The molecule has 0 spiro atoms. The molecular formula is C13H17BrN2O2. The van der Waals surface area contributed by atoms with E-state index in [1.807, 2.05) is 13.0 Å². The molecule has 2 rings (SSSR count). The minimum atomic E-state index is -0.0664. The van der Waals surface area contributed by atoms with Gasteiger partial charge in [-0.25, -0.2) is 0 Å². The number of carbonyl (C=O) groups excluding carboxylic acids is 1. The van der Waals surface area contributed by atoms with Crippen LogP contribution >= 0.6 is 15.9 Å². The van der Waals surface area contributed by atoms with Crippen molar-refractivity contribution in [1.82, 2.24) is 0 Å². The summed E-state index contributed by atoms with van der Waals surface area (Å²) in [5.74, 6) is -0.0611. The lowest BCUT2D eigenvalue weighted by atomic mass is 9.98. The Bertz CT molecular complexity index is 451. The van der Waals surface area contributed by atoms with E-state index < -0.39 is 0 Å². The first kappa shape index (κ1) is 13.4. The third-order valence-corrected chi connectivity index (χ3v) is 3.89. The van der Waals surface area contributed by atoms with Crippen molar-refractivity contribution in [3.8, 4) is 0 Å². The van der Waals surface area contributed by atoms with Crippen molar-refractivity contribution in [3.05, 3.63) is 22.7 Å². The second-order valence-electron chi connectivity index (χ2n) is 4.44. The van der Waals surface area contributed by atoms with E-state index in [0.717, 1.165) is 17.3 Å². The SMILES string of the molecule is CCC1OCCC1C(=O)Nc1cc(N)ccc1Br. The molecule has 0 bridgehead atoms. The smallest absolute Gasteiger partial charge is 0.230 e. The molecule has 0 aliphatic carbocycles. The largest absolute Gasteiger partial charge is 0.399 e. The van der Waals surface area contributed by atoms with Gasteiger partial charge >= 0.3 is 0 Å². The number of halogens is 1. The number of hydrogen-bond acceptors (Lipinski definition) is 3. The summed E-state index contributed by atoms with van der Waals surface area (Å²) in [5.41, 5.74) is 7.05. The van der Waals surface area contributed by atoms with Crippen LogP contribution in [0.4, 0.5) is 11.4 Å². The summed E-state index contributed by atoms with van der Waals surface area (Å²) in [6.07, 6.45) is 1.67. The van der Waals surface area contributed by atoms with Crippen LogP contribution in [0.25, 0.3) is 0 Å². The van der Waals surface area contributed by atoms with Gasteiger partial charge in [0.2, 0.25) is 5.91 Å². The Morgan fingerprint density at radius 3 is 3.11 bits per heavy atom. The molecular weight excluding hydrogens is 296 g/mol. The van der Waals surface area contributed by atoms with E-state index in [1.165, 1.54) is 0 Å². The number of carbonyl (C=O) groups is 1. The van der Waals surface area contributed by atoms with Crippen LogP contribution in [0.2, 0.25) is 0 Å². The molecule has 2 unspecified atom stereocenters. The summed E-state index contributed by atoms with van der Waals surface area (Å²) >= 11 is 3.40.